The second-order valence-corrected chi connectivity index (χ2v) is 7.15. The van der Waals surface area contributed by atoms with Gasteiger partial charge in [-0.2, -0.15) is 4.31 Å². The van der Waals surface area contributed by atoms with Gasteiger partial charge in [-0.3, -0.25) is 4.79 Å². The summed E-state index contributed by atoms with van der Waals surface area (Å²) in [6.45, 7) is 4.63. The van der Waals surface area contributed by atoms with E-state index in [0.29, 0.717) is 26.3 Å². The molecule has 1 heterocycles. The summed E-state index contributed by atoms with van der Waals surface area (Å²) in [7, 11) is -3.61. The molecule has 0 atom stereocenters. The van der Waals surface area contributed by atoms with Gasteiger partial charge in [0.25, 0.3) is 5.91 Å². The van der Waals surface area contributed by atoms with Crippen LogP contribution in [0, 0.1) is 0 Å². The minimum absolute atomic E-state index is 0.0923. The number of nitrogens with zero attached hydrogens (tertiary/aromatic N) is 1. The monoisotopic (exact) mass is 368 g/mol. The average molecular weight is 368 g/mol. The van der Waals surface area contributed by atoms with Gasteiger partial charge in [0.2, 0.25) is 10.0 Å². The molecule has 0 unspecified atom stereocenters. The molecule has 1 N–H and O–H groups in total. The van der Waals surface area contributed by atoms with Crippen LogP contribution in [0.1, 0.15) is 10.4 Å². The Morgan fingerprint density at radius 2 is 1.88 bits per heavy atom. The molecule has 1 saturated heterocycles. The molecule has 1 fully saturated rings. The van der Waals surface area contributed by atoms with Crippen LogP contribution < -0.4 is 5.32 Å². The zero-order chi connectivity index (χ0) is 18.3. The van der Waals surface area contributed by atoms with Crippen LogP contribution in [0.25, 0.3) is 0 Å². The van der Waals surface area contributed by atoms with Crippen molar-refractivity contribution in [3.8, 4) is 0 Å². The summed E-state index contributed by atoms with van der Waals surface area (Å²) in [5.41, 5.74) is 0.164. The lowest BCUT2D eigenvalue weighted by atomic mass is 10.2. The molecule has 0 aromatic heterocycles. The maximum Gasteiger partial charge on any atom is 0.338 e. The molecule has 25 heavy (non-hydrogen) atoms. The third kappa shape index (κ3) is 5.12. The first kappa shape index (κ1) is 19.1. The molecule has 2 rings (SSSR count). The van der Waals surface area contributed by atoms with Crippen molar-refractivity contribution in [2.75, 3.05) is 39.5 Å². The van der Waals surface area contributed by atoms with E-state index in [1.807, 2.05) is 0 Å². The molecule has 9 heteroatoms. The summed E-state index contributed by atoms with van der Waals surface area (Å²) in [5, 5.41) is 2.48. The third-order valence-corrected chi connectivity index (χ3v) is 5.39. The van der Waals surface area contributed by atoms with Crippen LogP contribution in [-0.2, 0) is 24.3 Å². The van der Waals surface area contributed by atoms with Crippen LogP contribution >= 0.6 is 0 Å². The molecule has 1 aliphatic heterocycles. The van der Waals surface area contributed by atoms with Gasteiger partial charge in [-0.1, -0.05) is 6.08 Å². The highest BCUT2D eigenvalue weighted by Gasteiger charge is 2.26. The van der Waals surface area contributed by atoms with Gasteiger partial charge in [-0.15, -0.1) is 6.58 Å². The van der Waals surface area contributed by atoms with Crippen molar-refractivity contribution in [3.63, 3.8) is 0 Å². The molecule has 0 bridgehead atoms. The topological polar surface area (TPSA) is 102 Å². The minimum atomic E-state index is -3.61. The first-order valence-corrected chi connectivity index (χ1v) is 9.12. The molecule has 1 aromatic carbocycles. The minimum Gasteiger partial charge on any atom is -0.452 e. The first-order chi connectivity index (χ1) is 11.9. The Morgan fingerprint density at radius 3 is 2.48 bits per heavy atom. The van der Waals surface area contributed by atoms with Crippen molar-refractivity contribution in [1.82, 2.24) is 9.62 Å². The number of ether oxygens (including phenoxy) is 2. The molecule has 1 amide bonds. The highest BCUT2D eigenvalue weighted by molar-refractivity contribution is 7.89. The van der Waals surface area contributed by atoms with E-state index in [2.05, 4.69) is 11.9 Å². The van der Waals surface area contributed by atoms with Gasteiger partial charge in [0, 0.05) is 19.6 Å². The molecule has 0 saturated carbocycles. The molecule has 1 aromatic rings. The van der Waals surface area contributed by atoms with Crippen LogP contribution in [0.5, 0.6) is 0 Å². The lowest BCUT2D eigenvalue weighted by Gasteiger charge is -2.26. The second-order valence-electron chi connectivity index (χ2n) is 5.21. The van der Waals surface area contributed by atoms with Crippen molar-refractivity contribution >= 4 is 21.9 Å². The summed E-state index contributed by atoms with van der Waals surface area (Å²) < 4.78 is 36.3. The summed E-state index contributed by atoms with van der Waals surface area (Å²) in [5.74, 6) is -1.15. The Bertz CT molecular complexity index is 723. The molecular formula is C16H20N2O6S. The highest BCUT2D eigenvalue weighted by Crippen LogP contribution is 2.18. The summed E-state index contributed by atoms with van der Waals surface area (Å²) in [4.78, 5) is 23.3. The molecule has 8 nitrogen and oxygen atoms in total. The van der Waals surface area contributed by atoms with Crippen molar-refractivity contribution in [1.29, 1.82) is 0 Å². The Balaban J connectivity index is 1.97. The maximum atomic E-state index is 12.5. The van der Waals surface area contributed by atoms with Gasteiger partial charge in [0.05, 0.1) is 23.7 Å². The van der Waals surface area contributed by atoms with Gasteiger partial charge < -0.3 is 14.8 Å². The zero-order valence-electron chi connectivity index (χ0n) is 13.6. The number of hydrogen-bond acceptors (Lipinski definition) is 6. The number of esters is 1. The summed E-state index contributed by atoms with van der Waals surface area (Å²) in [6.07, 6.45) is 1.51. The van der Waals surface area contributed by atoms with E-state index in [4.69, 9.17) is 9.47 Å². The predicted molar refractivity (Wildman–Crippen MR) is 89.5 cm³/mol. The first-order valence-electron chi connectivity index (χ1n) is 7.68. The Labute approximate surface area is 146 Å². The fourth-order valence-electron chi connectivity index (χ4n) is 2.15. The van der Waals surface area contributed by atoms with Crippen LogP contribution in [0.4, 0.5) is 0 Å². The lowest BCUT2D eigenvalue weighted by molar-refractivity contribution is -0.124. The van der Waals surface area contributed by atoms with Gasteiger partial charge >= 0.3 is 5.97 Å². The second kappa shape index (κ2) is 8.75. The standard InChI is InChI=1S/C16H20N2O6S/c1-2-7-17-15(19)12-24-16(20)13-3-5-14(6-4-13)25(21,22)18-8-10-23-11-9-18/h2-6H,1,7-12H2,(H,17,19). The van der Waals surface area contributed by atoms with Crippen molar-refractivity contribution in [3.05, 3.63) is 42.5 Å². The fraction of sp³-hybridized carbons (Fsp3) is 0.375. The number of morpholine rings is 1. The largest absolute Gasteiger partial charge is 0.452 e. The molecule has 0 aliphatic carbocycles. The van der Waals surface area contributed by atoms with E-state index >= 15 is 0 Å². The highest BCUT2D eigenvalue weighted by atomic mass is 32.2. The van der Waals surface area contributed by atoms with Gasteiger partial charge in [-0.25, -0.2) is 13.2 Å². The SMILES string of the molecule is C=CCNC(=O)COC(=O)c1ccc(S(=O)(=O)N2CCOCC2)cc1. The number of rotatable bonds is 7. The average Bonchev–Trinajstić information content (AvgIpc) is 2.65. The fourth-order valence-corrected chi connectivity index (χ4v) is 3.56. The molecule has 0 radical (unpaired) electrons. The van der Waals surface area contributed by atoms with Gasteiger partial charge in [0.1, 0.15) is 0 Å². The third-order valence-electron chi connectivity index (χ3n) is 3.48. The van der Waals surface area contributed by atoms with Gasteiger partial charge in [-0.05, 0) is 24.3 Å². The maximum absolute atomic E-state index is 12.5. The van der Waals surface area contributed by atoms with Crippen molar-refractivity contribution in [2.45, 2.75) is 4.90 Å². The number of nitrogens with one attached hydrogen (secondary N) is 1. The Morgan fingerprint density at radius 1 is 1.24 bits per heavy atom. The van der Waals surface area contributed by atoms with E-state index in [-0.39, 0.29) is 17.0 Å². The number of carbonyl (C=O) groups is 2. The Hall–Kier alpha value is -2.23. The number of carbonyl (C=O) groups excluding carboxylic acids is 2. The molecule has 136 valence electrons. The normalized spacial score (nSPS) is 15.4. The molecule has 0 spiro atoms. The van der Waals surface area contributed by atoms with Crippen LogP contribution in [0.3, 0.4) is 0 Å². The smallest absolute Gasteiger partial charge is 0.338 e. The van der Waals surface area contributed by atoms with E-state index in [1.54, 1.807) is 0 Å². The van der Waals surface area contributed by atoms with Crippen LogP contribution in [0.2, 0.25) is 0 Å². The zero-order valence-corrected chi connectivity index (χ0v) is 14.5. The van der Waals surface area contributed by atoms with Crippen LogP contribution in [-0.4, -0.2) is 64.1 Å². The van der Waals surface area contributed by atoms with E-state index in [0.717, 1.165) is 0 Å². The van der Waals surface area contributed by atoms with E-state index in [1.165, 1.54) is 34.6 Å². The lowest BCUT2D eigenvalue weighted by Crippen LogP contribution is -2.40. The van der Waals surface area contributed by atoms with E-state index in [9.17, 15) is 18.0 Å². The van der Waals surface area contributed by atoms with Crippen molar-refractivity contribution in [2.24, 2.45) is 0 Å². The van der Waals surface area contributed by atoms with Crippen molar-refractivity contribution < 1.29 is 27.5 Å². The Kier molecular flexibility index (Phi) is 6.68. The quantitative estimate of drug-likeness (QED) is 0.544. The number of benzene rings is 1. The molecular weight excluding hydrogens is 348 g/mol. The van der Waals surface area contributed by atoms with Gasteiger partial charge in [0.15, 0.2) is 6.61 Å². The number of amides is 1. The van der Waals surface area contributed by atoms with Crippen LogP contribution in [0.15, 0.2) is 41.8 Å². The predicted octanol–water partition coefficient (Wildman–Crippen LogP) is 0.167. The number of sulfonamides is 1. The molecule has 1 aliphatic rings. The summed E-state index contributed by atoms with van der Waals surface area (Å²) >= 11 is 0. The van der Waals surface area contributed by atoms with E-state index < -0.39 is 28.5 Å². The summed E-state index contributed by atoms with van der Waals surface area (Å²) in [6, 6.07) is 5.41. The number of hydrogen-bond donors (Lipinski definition) is 1.